The van der Waals surface area contributed by atoms with Gasteiger partial charge in [-0.15, -0.1) is 0 Å². The lowest BCUT2D eigenvalue weighted by molar-refractivity contribution is 0.647. The molecular weight excluding hydrogens is 218 g/mol. The van der Waals surface area contributed by atoms with Gasteiger partial charge in [0.05, 0.1) is 0 Å². The van der Waals surface area contributed by atoms with E-state index in [1.165, 1.54) is 22.3 Å². The topological polar surface area (TPSA) is 26.0 Å². The third kappa shape index (κ3) is 2.99. The van der Waals surface area contributed by atoms with Crippen molar-refractivity contribution in [3.63, 3.8) is 0 Å². The van der Waals surface area contributed by atoms with Crippen molar-refractivity contribution in [2.45, 2.75) is 26.8 Å². The zero-order valence-corrected chi connectivity index (χ0v) is 11.2. The molecular formula is C17H21N. The van der Waals surface area contributed by atoms with E-state index in [1.807, 2.05) is 6.07 Å². The first-order chi connectivity index (χ1) is 8.70. The highest BCUT2D eigenvalue weighted by molar-refractivity contribution is 5.67. The summed E-state index contributed by atoms with van der Waals surface area (Å²) in [6.07, 6.45) is 1.14. The second-order valence-corrected chi connectivity index (χ2v) is 5.16. The largest absolute Gasteiger partial charge is 0.326 e. The Kier molecular flexibility index (Phi) is 4.16. The first kappa shape index (κ1) is 12.8. The maximum absolute atomic E-state index is 5.78. The monoisotopic (exact) mass is 239 g/mol. The Hall–Kier alpha value is -1.60. The van der Waals surface area contributed by atoms with Gasteiger partial charge in [0.25, 0.3) is 0 Å². The molecule has 0 aliphatic carbocycles. The molecule has 0 saturated carbocycles. The molecule has 2 rings (SSSR count). The summed E-state index contributed by atoms with van der Waals surface area (Å²) in [6.45, 7) is 5.08. The fourth-order valence-corrected chi connectivity index (χ4v) is 2.27. The Morgan fingerprint density at radius 2 is 1.61 bits per heavy atom. The molecule has 0 fully saturated rings. The summed E-state index contributed by atoms with van der Waals surface area (Å²) in [5.74, 6) is 0.701. The Morgan fingerprint density at radius 3 is 2.22 bits per heavy atom. The van der Waals surface area contributed by atoms with Crippen molar-refractivity contribution in [1.29, 1.82) is 0 Å². The van der Waals surface area contributed by atoms with Gasteiger partial charge >= 0.3 is 0 Å². The highest BCUT2D eigenvalue weighted by atomic mass is 14.5. The SMILES string of the molecule is CC(C)Cc1ccc(-c2ccccc2CN)cc1. The van der Waals surface area contributed by atoms with Gasteiger partial charge in [-0.2, -0.15) is 0 Å². The molecule has 94 valence electrons. The number of hydrogen-bond donors (Lipinski definition) is 1. The summed E-state index contributed by atoms with van der Waals surface area (Å²) in [5.41, 5.74) is 10.9. The van der Waals surface area contributed by atoms with Gasteiger partial charge in [-0.05, 0) is 34.6 Å². The quantitative estimate of drug-likeness (QED) is 0.857. The molecule has 1 nitrogen and oxygen atoms in total. The summed E-state index contributed by atoms with van der Waals surface area (Å²) in [4.78, 5) is 0. The van der Waals surface area contributed by atoms with Crippen LogP contribution in [0.25, 0.3) is 11.1 Å². The van der Waals surface area contributed by atoms with Gasteiger partial charge in [0.2, 0.25) is 0 Å². The molecule has 18 heavy (non-hydrogen) atoms. The van der Waals surface area contributed by atoms with Gasteiger partial charge < -0.3 is 5.73 Å². The number of hydrogen-bond acceptors (Lipinski definition) is 1. The van der Waals surface area contributed by atoms with E-state index >= 15 is 0 Å². The summed E-state index contributed by atoms with van der Waals surface area (Å²) < 4.78 is 0. The smallest absolute Gasteiger partial charge is 0.0184 e. The van der Waals surface area contributed by atoms with Crippen LogP contribution in [0.3, 0.4) is 0 Å². The van der Waals surface area contributed by atoms with E-state index < -0.39 is 0 Å². The predicted molar refractivity (Wildman–Crippen MR) is 78.3 cm³/mol. The number of nitrogens with two attached hydrogens (primary N) is 1. The summed E-state index contributed by atoms with van der Waals surface area (Å²) >= 11 is 0. The van der Waals surface area contributed by atoms with E-state index in [4.69, 9.17) is 5.73 Å². The lowest BCUT2D eigenvalue weighted by Crippen LogP contribution is -1.99. The highest BCUT2D eigenvalue weighted by Crippen LogP contribution is 2.24. The van der Waals surface area contributed by atoms with Crippen molar-refractivity contribution >= 4 is 0 Å². The molecule has 0 radical (unpaired) electrons. The third-order valence-corrected chi connectivity index (χ3v) is 3.15. The van der Waals surface area contributed by atoms with Crippen molar-refractivity contribution in [1.82, 2.24) is 0 Å². The zero-order chi connectivity index (χ0) is 13.0. The molecule has 0 heterocycles. The van der Waals surface area contributed by atoms with E-state index in [0.717, 1.165) is 6.42 Å². The molecule has 0 amide bonds. The predicted octanol–water partition coefficient (Wildman–Crippen LogP) is 4.01. The van der Waals surface area contributed by atoms with Gasteiger partial charge in [0.1, 0.15) is 0 Å². The van der Waals surface area contributed by atoms with Gasteiger partial charge in [-0.3, -0.25) is 0 Å². The first-order valence-corrected chi connectivity index (χ1v) is 6.58. The second kappa shape index (κ2) is 5.83. The van der Waals surface area contributed by atoms with E-state index in [-0.39, 0.29) is 0 Å². The molecule has 0 spiro atoms. The molecule has 2 N–H and O–H groups in total. The fourth-order valence-electron chi connectivity index (χ4n) is 2.27. The van der Waals surface area contributed by atoms with Gasteiger partial charge in [-0.1, -0.05) is 62.4 Å². The lowest BCUT2D eigenvalue weighted by Gasteiger charge is -2.09. The van der Waals surface area contributed by atoms with Crippen LogP contribution in [-0.2, 0) is 13.0 Å². The molecule has 2 aromatic rings. The molecule has 0 atom stereocenters. The molecule has 0 aliphatic rings. The second-order valence-electron chi connectivity index (χ2n) is 5.16. The lowest BCUT2D eigenvalue weighted by atomic mass is 9.96. The van der Waals surface area contributed by atoms with E-state index in [2.05, 4.69) is 56.3 Å². The third-order valence-electron chi connectivity index (χ3n) is 3.15. The van der Waals surface area contributed by atoms with E-state index in [0.29, 0.717) is 12.5 Å². The van der Waals surface area contributed by atoms with Crippen molar-refractivity contribution in [3.05, 3.63) is 59.7 Å². The average molecular weight is 239 g/mol. The first-order valence-electron chi connectivity index (χ1n) is 6.58. The zero-order valence-electron chi connectivity index (χ0n) is 11.2. The number of benzene rings is 2. The van der Waals surface area contributed by atoms with Crippen molar-refractivity contribution < 1.29 is 0 Å². The van der Waals surface area contributed by atoms with Crippen LogP contribution < -0.4 is 5.73 Å². The number of rotatable bonds is 4. The summed E-state index contributed by atoms with van der Waals surface area (Å²) in [6, 6.07) is 17.2. The van der Waals surface area contributed by atoms with Gasteiger partial charge in [0, 0.05) is 6.54 Å². The van der Waals surface area contributed by atoms with Crippen LogP contribution in [0.1, 0.15) is 25.0 Å². The van der Waals surface area contributed by atoms with Crippen LogP contribution in [0.4, 0.5) is 0 Å². The maximum atomic E-state index is 5.78. The molecule has 0 bridgehead atoms. The van der Waals surface area contributed by atoms with Crippen LogP contribution in [0.5, 0.6) is 0 Å². The summed E-state index contributed by atoms with van der Waals surface area (Å²) in [5, 5.41) is 0. The summed E-state index contributed by atoms with van der Waals surface area (Å²) in [7, 11) is 0. The normalized spacial score (nSPS) is 10.9. The standard InChI is InChI=1S/C17H21N/c1-13(2)11-14-7-9-15(10-8-14)17-6-4-3-5-16(17)12-18/h3-10,13H,11-12,18H2,1-2H3. The molecule has 0 unspecified atom stereocenters. The van der Waals surface area contributed by atoms with Crippen LogP contribution in [-0.4, -0.2) is 0 Å². The minimum atomic E-state index is 0.587. The molecule has 1 heteroatoms. The fraction of sp³-hybridized carbons (Fsp3) is 0.294. The Morgan fingerprint density at radius 1 is 0.944 bits per heavy atom. The average Bonchev–Trinajstić information content (AvgIpc) is 2.39. The van der Waals surface area contributed by atoms with Crippen LogP contribution in [0.2, 0.25) is 0 Å². The van der Waals surface area contributed by atoms with E-state index in [9.17, 15) is 0 Å². The highest BCUT2D eigenvalue weighted by Gasteiger charge is 2.03. The van der Waals surface area contributed by atoms with Crippen molar-refractivity contribution in [2.75, 3.05) is 0 Å². The van der Waals surface area contributed by atoms with Crippen LogP contribution >= 0.6 is 0 Å². The minimum Gasteiger partial charge on any atom is -0.326 e. The molecule has 0 aliphatic heterocycles. The Bertz CT molecular complexity index is 497. The maximum Gasteiger partial charge on any atom is 0.0184 e. The van der Waals surface area contributed by atoms with Crippen molar-refractivity contribution in [2.24, 2.45) is 11.7 Å². The van der Waals surface area contributed by atoms with E-state index in [1.54, 1.807) is 0 Å². The van der Waals surface area contributed by atoms with Crippen LogP contribution in [0, 0.1) is 5.92 Å². The van der Waals surface area contributed by atoms with Gasteiger partial charge in [-0.25, -0.2) is 0 Å². The molecule has 0 saturated heterocycles. The Labute approximate surface area is 110 Å². The molecule has 0 aromatic heterocycles. The van der Waals surface area contributed by atoms with Gasteiger partial charge in [0.15, 0.2) is 0 Å². The minimum absolute atomic E-state index is 0.587. The Balaban J connectivity index is 2.28. The van der Waals surface area contributed by atoms with Crippen molar-refractivity contribution in [3.8, 4) is 11.1 Å². The molecule has 2 aromatic carbocycles. The van der Waals surface area contributed by atoms with Crippen LogP contribution in [0.15, 0.2) is 48.5 Å².